The molecule has 0 aliphatic heterocycles. The van der Waals surface area contributed by atoms with Crippen molar-refractivity contribution in [2.24, 2.45) is 0 Å². The Morgan fingerprint density at radius 2 is 2.08 bits per heavy atom. The van der Waals surface area contributed by atoms with Crippen LogP contribution in [0.2, 0.25) is 0 Å². The van der Waals surface area contributed by atoms with Crippen LogP contribution in [0.15, 0.2) is 46.3 Å². The number of methoxy groups -OCH3 is 1. The van der Waals surface area contributed by atoms with Crippen LogP contribution in [0.4, 0.5) is 0 Å². The van der Waals surface area contributed by atoms with Crippen LogP contribution in [0.3, 0.4) is 0 Å². The van der Waals surface area contributed by atoms with Gasteiger partial charge in [0.1, 0.15) is 11.3 Å². The molecule has 0 bridgehead atoms. The molecule has 1 N–H and O–H groups in total. The lowest BCUT2D eigenvalue weighted by Gasteiger charge is -2.06. The number of amides is 1. The van der Waals surface area contributed by atoms with Gasteiger partial charge in [-0.15, -0.1) is 11.3 Å². The normalized spacial score (nSPS) is 10.6. The minimum atomic E-state index is -0.170. The third-order valence-corrected chi connectivity index (χ3v) is 4.62. The molecule has 0 unspecified atom stereocenters. The minimum absolute atomic E-state index is 0.170. The van der Waals surface area contributed by atoms with Crippen molar-refractivity contribution in [2.75, 3.05) is 13.7 Å². The number of hydrogen-bond acceptors (Lipinski definition) is 5. The zero-order valence-electron chi connectivity index (χ0n) is 13.5. The zero-order valence-corrected chi connectivity index (χ0v) is 14.4. The number of hydrogen-bond donors (Lipinski definition) is 1. The van der Waals surface area contributed by atoms with Crippen LogP contribution in [-0.2, 0) is 6.42 Å². The first-order valence-electron chi connectivity index (χ1n) is 7.60. The maximum atomic E-state index is 12.5. The molecular formula is C18H18N2O3S. The quantitative estimate of drug-likeness (QED) is 0.742. The summed E-state index contributed by atoms with van der Waals surface area (Å²) in [4.78, 5) is 13.8. The molecule has 24 heavy (non-hydrogen) atoms. The van der Waals surface area contributed by atoms with Crippen LogP contribution in [0.25, 0.3) is 11.3 Å². The number of nitrogens with one attached hydrogen (secondary N) is 1. The van der Waals surface area contributed by atoms with E-state index >= 15 is 0 Å². The van der Waals surface area contributed by atoms with E-state index in [1.165, 1.54) is 4.88 Å². The lowest BCUT2D eigenvalue weighted by Crippen LogP contribution is -2.26. The number of nitrogens with zero attached hydrogens (tertiary/aromatic N) is 1. The molecule has 0 aliphatic carbocycles. The van der Waals surface area contributed by atoms with Crippen molar-refractivity contribution >= 4 is 17.2 Å². The van der Waals surface area contributed by atoms with E-state index in [4.69, 9.17) is 9.26 Å². The second kappa shape index (κ2) is 7.31. The molecule has 2 aromatic heterocycles. The largest absolute Gasteiger partial charge is 0.497 e. The average Bonchev–Trinajstić information content (AvgIpc) is 3.24. The maximum Gasteiger partial charge on any atom is 0.257 e. The molecule has 6 heteroatoms. The Morgan fingerprint density at radius 1 is 1.29 bits per heavy atom. The van der Waals surface area contributed by atoms with Crippen molar-refractivity contribution < 1.29 is 14.1 Å². The van der Waals surface area contributed by atoms with Gasteiger partial charge >= 0.3 is 0 Å². The Hall–Kier alpha value is -2.60. The van der Waals surface area contributed by atoms with Crippen molar-refractivity contribution in [3.8, 4) is 17.1 Å². The van der Waals surface area contributed by atoms with Crippen LogP contribution >= 0.6 is 11.3 Å². The highest BCUT2D eigenvalue weighted by atomic mass is 32.1. The Labute approximate surface area is 144 Å². The van der Waals surface area contributed by atoms with Gasteiger partial charge in [-0.1, -0.05) is 11.2 Å². The van der Waals surface area contributed by atoms with E-state index in [0.717, 1.165) is 17.7 Å². The van der Waals surface area contributed by atoms with Crippen LogP contribution in [0.1, 0.15) is 20.9 Å². The van der Waals surface area contributed by atoms with E-state index < -0.39 is 0 Å². The Bertz CT molecular complexity index is 807. The minimum Gasteiger partial charge on any atom is -0.497 e. The predicted octanol–water partition coefficient (Wildman–Crippen LogP) is 3.69. The fraction of sp³-hybridized carbons (Fsp3) is 0.222. The first-order valence-corrected chi connectivity index (χ1v) is 8.48. The summed E-state index contributed by atoms with van der Waals surface area (Å²) in [6.07, 6.45) is 0.811. The lowest BCUT2D eigenvalue weighted by atomic mass is 10.1. The molecule has 0 saturated heterocycles. The van der Waals surface area contributed by atoms with Crippen molar-refractivity contribution in [3.05, 3.63) is 57.9 Å². The molecule has 124 valence electrons. The van der Waals surface area contributed by atoms with Gasteiger partial charge in [0, 0.05) is 17.0 Å². The molecule has 2 heterocycles. The summed E-state index contributed by atoms with van der Waals surface area (Å²) in [7, 11) is 1.61. The lowest BCUT2D eigenvalue weighted by molar-refractivity contribution is 0.0954. The van der Waals surface area contributed by atoms with E-state index in [2.05, 4.69) is 16.5 Å². The highest BCUT2D eigenvalue weighted by Gasteiger charge is 2.21. The fourth-order valence-electron chi connectivity index (χ4n) is 2.42. The first kappa shape index (κ1) is 16.3. The maximum absolute atomic E-state index is 12.5. The molecule has 5 nitrogen and oxygen atoms in total. The molecule has 0 saturated carbocycles. The van der Waals surface area contributed by atoms with E-state index in [1.807, 2.05) is 35.7 Å². The predicted molar refractivity (Wildman–Crippen MR) is 93.6 cm³/mol. The highest BCUT2D eigenvalue weighted by Crippen LogP contribution is 2.27. The molecular weight excluding hydrogens is 324 g/mol. The third kappa shape index (κ3) is 3.49. The molecule has 0 atom stereocenters. The van der Waals surface area contributed by atoms with Gasteiger partial charge in [-0.3, -0.25) is 4.79 Å². The number of rotatable bonds is 6. The van der Waals surface area contributed by atoms with Gasteiger partial charge in [-0.2, -0.15) is 0 Å². The molecule has 1 aromatic carbocycles. The summed E-state index contributed by atoms with van der Waals surface area (Å²) >= 11 is 1.68. The Balaban J connectivity index is 1.74. The summed E-state index contributed by atoms with van der Waals surface area (Å²) in [5, 5.41) is 8.92. The molecule has 3 rings (SSSR count). The number of benzene rings is 1. The van der Waals surface area contributed by atoms with Crippen LogP contribution in [-0.4, -0.2) is 24.7 Å². The first-order chi connectivity index (χ1) is 11.7. The SMILES string of the molecule is COc1ccc(-c2onc(C)c2C(=O)NCCc2cccs2)cc1. The van der Waals surface area contributed by atoms with Crippen molar-refractivity contribution in [1.29, 1.82) is 0 Å². The van der Waals surface area contributed by atoms with Gasteiger partial charge in [0.25, 0.3) is 5.91 Å². The van der Waals surface area contributed by atoms with E-state index in [9.17, 15) is 4.79 Å². The molecule has 0 radical (unpaired) electrons. The second-order valence-electron chi connectivity index (χ2n) is 5.29. The number of ether oxygens (including phenoxy) is 1. The monoisotopic (exact) mass is 342 g/mol. The molecule has 0 fully saturated rings. The smallest absolute Gasteiger partial charge is 0.257 e. The summed E-state index contributed by atoms with van der Waals surface area (Å²) in [6, 6.07) is 11.4. The summed E-state index contributed by atoms with van der Waals surface area (Å²) in [5.41, 5.74) is 1.85. The third-order valence-electron chi connectivity index (χ3n) is 3.68. The van der Waals surface area contributed by atoms with Crippen molar-refractivity contribution in [1.82, 2.24) is 10.5 Å². The number of carbonyl (C=O) groups is 1. The van der Waals surface area contributed by atoms with Gasteiger partial charge < -0.3 is 14.6 Å². The number of aromatic nitrogens is 1. The standard InChI is InChI=1S/C18H18N2O3S/c1-12-16(18(21)19-10-9-15-4-3-11-24-15)17(23-20-12)13-5-7-14(22-2)8-6-13/h3-8,11H,9-10H2,1-2H3,(H,19,21). The summed E-state index contributed by atoms with van der Waals surface area (Å²) in [5.74, 6) is 1.05. The van der Waals surface area contributed by atoms with E-state index in [1.54, 1.807) is 25.4 Å². The molecule has 0 spiro atoms. The fourth-order valence-corrected chi connectivity index (χ4v) is 3.13. The summed E-state index contributed by atoms with van der Waals surface area (Å²) < 4.78 is 10.5. The number of carbonyl (C=O) groups excluding carboxylic acids is 1. The topological polar surface area (TPSA) is 64.4 Å². The highest BCUT2D eigenvalue weighted by molar-refractivity contribution is 7.09. The van der Waals surface area contributed by atoms with Gasteiger partial charge in [0.2, 0.25) is 0 Å². The Morgan fingerprint density at radius 3 is 2.75 bits per heavy atom. The zero-order chi connectivity index (χ0) is 16.9. The van der Waals surface area contributed by atoms with Crippen LogP contribution < -0.4 is 10.1 Å². The molecule has 0 aliphatic rings. The van der Waals surface area contributed by atoms with Crippen molar-refractivity contribution in [2.45, 2.75) is 13.3 Å². The molecule has 1 amide bonds. The van der Waals surface area contributed by atoms with E-state index in [-0.39, 0.29) is 5.91 Å². The van der Waals surface area contributed by atoms with Crippen LogP contribution in [0.5, 0.6) is 5.75 Å². The number of thiophene rings is 1. The second-order valence-corrected chi connectivity index (χ2v) is 6.32. The average molecular weight is 342 g/mol. The van der Waals surface area contributed by atoms with Gasteiger partial charge in [0.05, 0.1) is 12.8 Å². The molecule has 3 aromatic rings. The van der Waals surface area contributed by atoms with Gasteiger partial charge in [-0.25, -0.2) is 0 Å². The van der Waals surface area contributed by atoms with Gasteiger partial charge in [0.15, 0.2) is 5.76 Å². The van der Waals surface area contributed by atoms with E-state index in [0.29, 0.717) is 23.6 Å². The summed E-state index contributed by atoms with van der Waals surface area (Å²) in [6.45, 7) is 2.34. The number of aryl methyl sites for hydroxylation is 1. The Kier molecular flexibility index (Phi) is 4.96. The van der Waals surface area contributed by atoms with Crippen LogP contribution in [0, 0.1) is 6.92 Å². The van der Waals surface area contributed by atoms with Gasteiger partial charge in [-0.05, 0) is 49.1 Å². The van der Waals surface area contributed by atoms with Crippen molar-refractivity contribution in [3.63, 3.8) is 0 Å².